The summed E-state index contributed by atoms with van der Waals surface area (Å²) in [6.07, 6.45) is 2.57. The summed E-state index contributed by atoms with van der Waals surface area (Å²) in [4.78, 5) is 48.6. The molecule has 0 aliphatic carbocycles. The lowest BCUT2D eigenvalue weighted by Crippen LogP contribution is -2.37. The topological polar surface area (TPSA) is 105 Å². The lowest BCUT2D eigenvalue weighted by Gasteiger charge is -2.22. The largest absolute Gasteiger partial charge is 0.330 e. The van der Waals surface area contributed by atoms with Crippen molar-refractivity contribution in [3.8, 4) is 0 Å². The van der Waals surface area contributed by atoms with Crippen LogP contribution in [0.4, 0.5) is 5.69 Å². The fourth-order valence-electron chi connectivity index (χ4n) is 5.81. The van der Waals surface area contributed by atoms with Crippen LogP contribution in [-0.4, -0.2) is 43.0 Å². The minimum absolute atomic E-state index is 0.0452. The Morgan fingerprint density at radius 2 is 1.76 bits per heavy atom. The number of carbonyl (C=O) groups excluding carboxylic acids is 1. The molecule has 2 aliphatic rings. The van der Waals surface area contributed by atoms with E-state index in [2.05, 4.69) is 22.1 Å². The molecule has 2 N–H and O–H groups in total. The number of imidazole rings is 1. The standard InChI is InChI=1S/C28H30N6O3/c1-2-3-14-33-22(17-32-15-13-28(18-32)20-11-7-8-12-21(20)29-26(28)36)30-24-23(33)25(35)31-27(37)34(24)16-19-9-5-4-6-10-19/h4-12H,2-3,13-18H2,1H3,(H,29,36)(H,31,35,37). The van der Waals surface area contributed by atoms with Gasteiger partial charge in [-0.1, -0.05) is 61.9 Å². The van der Waals surface area contributed by atoms with Gasteiger partial charge in [0.2, 0.25) is 5.91 Å². The van der Waals surface area contributed by atoms with Crippen molar-refractivity contribution in [3.63, 3.8) is 0 Å². The highest BCUT2D eigenvalue weighted by atomic mass is 16.2. The van der Waals surface area contributed by atoms with Crippen LogP contribution in [0.5, 0.6) is 0 Å². The number of amides is 1. The average molecular weight is 499 g/mol. The van der Waals surface area contributed by atoms with E-state index >= 15 is 0 Å². The van der Waals surface area contributed by atoms with Crippen LogP contribution in [-0.2, 0) is 29.8 Å². The number of rotatable bonds is 7. The number of para-hydroxylation sites is 1. The molecule has 4 heterocycles. The highest BCUT2D eigenvalue weighted by molar-refractivity contribution is 6.06. The lowest BCUT2D eigenvalue weighted by molar-refractivity contribution is -0.120. The van der Waals surface area contributed by atoms with E-state index in [0.29, 0.717) is 37.3 Å². The second-order valence-electron chi connectivity index (χ2n) is 10.1. The third-order valence-corrected chi connectivity index (χ3v) is 7.72. The number of hydrogen-bond donors (Lipinski definition) is 2. The third kappa shape index (κ3) is 3.90. The van der Waals surface area contributed by atoms with Crippen LogP contribution in [0.25, 0.3) is 11.2 Å². The summed E-state index contributed by atoms with van der Waals surface area (Å²) in [6.45, 7) is 4.88. The number of likely N-dealkylation sites (tertiary alicyclic amines) is 1. The van der Waals surface area contributed by atoms with Crippen molar-refractivity contribution < 1.29 is 4.79 Å². The van der Waals surface area contributed by atoms with Crippen molar-refractivity contribution >= 4 is 22.8 Å². The molecule has 37 heavy (non-hydrogen) atoms. The first-order valence-electron chi connectivity index (χ1n) is 12.9. The van der Waals surface area contributed by atoms with E-state index in [1.54, 1.807) is 4.57 Å². The summed E-state index contributed by atoms with van der Waals surface area (Å²) >= 11 is 0. The first-order chi connectivity index (χ1) is 18.0. The zero-order valence-electron chi connectivity index (χ0n) is 20.9. The molecule has 2 aromatic heterocycles. The van der Waals surface area contributed by atoms with E-state index in [1.165, 1.54) is 0 Å². The van der Waals surface area contributed by atoms with Gasteiger partial charge in [-0.05, 0) is 30.0 Å². The highest BCUT2D eigenvalue weighted by Crippen LogP contribution is 2.44. The molecule has 0 bridgehead atoms. The number of aryl methyl sites for hydroxylation is 1. The predicted molar refractivity (Wildman–Crippen MR) is 142 cm³/mol. The molecule has 2 aromatic carbocycles. The van der Waals surface area contributed by atoms with E-state index < -0.39 is 16.7 Å². The predicted octanol–water partition coefficient (Wildman–Crippen LogP) is 2.83. The lowest BCUT2D eigenvalue weighted by atomic mass is 9.81. The summed E-state index contributed by atoms with van der Waals surface area (Å²) in [5.74, 6) is 0.786. The molecule has 190 valence electrons. The molecular formula is C28H30N6O3. The maximum Gasteiger partial charge on any atom is 0.330 e. The minimum Gasteiger partial charge on any atom is -0.325 e. The molecule has 9 heteroatoms. The van der Waals surface area contributed by atoms with Crippen molar-refractivity contribution in [2.24, 2.45) is 0 Å². The second kappa shape index (κ2) is 9.15. The van der Waals surface area contributed by atoms with Crippen molar-refractivity contribution in [2.75, 3.05) is 18.4 Å². The molecular weight excluding hydrogens is 468 g/mol. The number of nitrogens with one attached hydrogen (secondary N) is 2. The molecule has 0 radical (unpaired) electrons. The van der Waals surface area contributed by atoms with E-state index in [4.69, 9.17) is 4.98 Å². The number of unbranched alkanes of at least 4 members (excludes halogenated alkanes) is 1. The normalized spacial score (nSPS) is 19.1. The van der Waals surface area contributed by atoms with Gasteiger partial charge in [0.15, 0.2) is 11.2 Å². The van der Waals surface area contributed by atoms with Gasteiger partial charge in [0.25, 0.3) is 5.56 Å². The molecule has 4 aromatic rings. The van der Waals surface area contributed by atoms with Gasteiger partial charge in [0.1, 0.15) is 5.82 Å². The molecule has 1 fully saturated rings. The minimum atomic E-state index is -0.566. The maximum absolute atomic E-state index is 13.1. The van der Waals surface area contributed by atoms with E-state index in [9.17, 15) is 14.4 Å². The zero-order valence-corrected chi connectivity index (χ0v) is 20.9. The molecule has 9 nitrogen and oxygen atoms in total. The Hall–Kier alpha value is -3.98. The Morgan fingerprint density at radius 3 is 2.57 bits per heavy atom. The molecule has 1 spiro atoms. The molecule has 1 unspecified atom stereocenters. The van der Waals surface area contributed by atoms with Crippen molar-refractivity contribution in [3.05, 3.63) is 92.4 Å². The average Bonchev–Trinajstić information content (AvgIpc) is 3.56. The van der Waals surface area contributed by atoms with Crippen LogP contribution in [0.2, 0.25) is 0 Å². The Morgan fingerprint density at radius 1 is 0.973 bits per heavy atom. The third-order valence-electron chi connectivity index (χ3n) is 7.72. The van der Waals surface area contributed by atoms with Crippen LogP contribution in [0.15, 0.2) is 64.2 Å². The summed E-state index contributed by atoms with van der Waals surface area (Å²) in [7, 11) is 0. The van der Waals surface area contributed by atoms with Crippen LogP contribution in [0.3, 0.4) is 0 Å². The SMILES string of the molecule is CCCCn1c(CN2CCC3(C2)C(=O)Nc2ccccc23)nc2c1c(=O)[nH]c(=O)n2Cc1ccccc1. The molecule has 0 saturated carbocycles. The van der Waals surface area contributed by atoms with Gasteiger partial charge in [-0.3, -0.25) is 24.0 Å². The number of aromatic amines is 1. The first-order valence-corrected chi connectivity index (χ1v) is 12.9. The number of benzene rings is 2. The number of anilines is 1. The maximum atomic E-state index is 13.1. The Labute approximate surface area is 213 Å². The number of fused-ring (bicyclic) bond motifs is 3. The second-order valence-corrected chi connectivity index (χ2v) is 10.1. The van der Waals surface area contributed by atoms with Gasteiger partial charge in [0.05, 0.1) is 18.5 Å². The van der Waals surface area contributed by atoms with Crippen LogP contribution < -0.4 is 16.6 Å². The quantitative estimate of drug-likeness (QED) is 0.408. The van der Waals surface area contributed by atoms with Crippen LogP contribution in [0.1, 0.15) is 43.1 Å². The smallest absolute Gasteiger partial charge is 0.325 e. The van der Waals surface area contributed by atoms with E-state index in [1.807, 2.05) is 59.2 Å². The van der Waals surface area contributed by atoms with Gasteiger partial charge in [-0.25, -0.2) is 9.78 Å². The summed E-state index contributed by atoms with van der Waals surface area (Å²) in [5, 5.41) is 3.05. The molecule has 1 atom stereocenters. The molecule has 2 aliphatic heterocycles. The van der Waals surface area contributed by atoms with Crippen molar-refractivity contribution in [1.82, 2.24) is 24.0 Å². The Bertz CT molecular complexity index is 1600. The first kappa shape index (κ1) is 23.4. The van der Waals surface area contributed by atoms with Gasteiger partial charge >= 0.3 is 5.69 Å². The van der Waals surface area contributed by atoms with Crippen LogP contribution in [0, 0.1) is 0 Å². The van der Waals surface area contributed by atoms with E-state index in [0.717, 1.165) is 48.4 Å². The van der Waals surface area contributed by atoms with E-state index in [-0.39, 0.29) is 5.91 Å². The summed E-state index contributed by atoms with van der Waals surface area (Å²) in [6, 6.07) is 17.6. The molecule has 1 amide bonds. The number of carbonyl (C=O) groups is 1. The summed E-state index contributed by atoms with van der Waals surface area (Å²) in [5.41, 5.74) is 2.28. The number of aromatic nitrogens is 4. The van der Waals surface area contributed by atoms with Crippen LogP contribution >= 0.6 is 0 Å². The van der Waals surface area contributed by atoms with Gasteiger partial charge < -0.3 is 9.88 Å². The van der Waals surface area contributed by atoms with Crippen molar-refractivity contribution in [1.29, 1.82) is 0 Å². The summed E-state index contributed by atoms with van der Waals surface area (Å²) < 4.78 is 3.51. The zero-order chi connectivity index (χ0) is 25.6. The Kier molecular flexibility index (Phi) is 5.79. The highest BCUT2D eigenvalue weighted by Gasteiger charge is 2.51. The molecule has 1 saturated heterocycles. The Balaban J connectivity index is 1.39. The van der Waals surface area contributed by atoms with Gasteiger partial charge in [0, 0.05) is 25.3 Å². The monoisotopic (exact) mass is 498 g/mol. The number of hydrogen-bond acceptors (Lipinski definition) is 5. The number of H-pyrrole nitrogens is 1. The van der Waals surface area contributed by atoms with Gasteiger partial charge in [-0.15, -0.1) is 0 Å². The fraction of sp³-hybridized carbons (Fsp3) is 0.357. The molecule has 6 rings (SSSR count). The van der Waals surface area contributed by atoms with Crippen molar-refractivity contribution in [2.45, 2.75) is 51.2 Å². The number of nitrogens with zero attached hydrogens (tertiary/aromatic N) is 4. The fourth-order valence-corrected chi connectivity index (χ4v) is 5.81. The van der Waals surface area contributed by atoms with Gasteiger partial charge in [-0.2, -0.15) is 0 Å².